The predicted octanol–water partition coefficient (Wildman–Crippen LogP) is 3.68. The summed E-state index contributed by atoms with van der Waals surface area (Å²) in [6.07, 6.45) is 0. The van der Waals surface area contributed by atoms with Crippen LogP contribution in [0.3, 0.4) is 0 Å². The molecule has 2 aromatic carbocycles. The number of oxazole rings is 1. The highest BCUT2D eigenvalue weighted by Crippen LogP contribution is 2.29. The number of fused-ring (bicyclic) bond motifs is 1. The molecule has 2 N–H and O–H groups in total. The number of halogens is 1. The number of nitrogens with two attached hydrogens (primary N) is 1. The van der Waals surface area contributed by atoms with Crippen molar-refractivity contribution < 1.29 is 4.42 Å². The molecule has 3 aromatic rings. The number of nitrogens with zero attached hydrogens (tertiary/aromatic N) is 1. The highest BCUT2D eigenvalue weighted by atomic mass is 127. The van der Waals surface area contributed by atoms with Crippen molar-refractivity contribution in [1.82, 2.24) is 4.98 Å². The molecule has 0 bridgehead atoms. The van der Waals surface area contributed by atoms with Crippen molar-refractivity contribution in [1.29, 1.82) is 0 Å². The van der Waals surface area contributed by atoms with Gasteiger partial charge in [-0.3, -0.25) is 0 Å². The Morgan fingerprint density at radius 2 is 1.94 bits per heavy atom. The van der Waals surface area contributed by atoms with Gasteiger partial charge < -0.3 is 10.2 Å². The molecule has 0 aliphatic heterocycles. The van der Waals surface area contributed by atoms with Crippen LogP contribution in [0.1, 0.15) is 0 Å². The van der Waals surface area contributed by atoms with E-state index in [0.29, 0.717) is 11.6 Å². The van der Waals surface area contributed by atoms with Crippen LogP contribution in [0.25, 0.3) is 22.6 Å². The molecule has 0 saturated carbocycles. The van der Waals surface area contributed by atoms with E-state index in [2.05, 4.69) is 27.6 Å². The maximum Gasteiger partial charge on any atom is 0.229 e. The van der Waals surface area contributed by atoms with Crippen LogP contribution in [0, 0.1) is 3.57 Å². The molecule has 0 radical (unpaired) electrons. The van der Waals surface area contributed by atoms with Crippen LogP contribution < -0.4 is 5.73 Å². The standard InChI is InChI=1S/C13H9IN2O/c14-8-5-6-10(15)9(7-8)13-16-11-3-1-2-4-12(11)17-13/h1-7H,15H2. The third-order valence-corrected chi connectivity index (χ3v) is 3.21. The Bertz CT molecular complexity index is 658. The Balaban J connectivity index is 2.23. The minimum Gasteiger partial charge on any atom is -0.436 e. The van der Waals surface area contributed by atoms with Crippen LogP contribution in [-0.2, 0) is 0 Å². The van der Waals surface area contributed by atoms with Crippen LogP contribution in [-0.4, -0.2) is 4.98 Å². The Morgan fingerprint density at radius 3 is 2.76 bits per heavy atom. The smallest absolute Gasteiger partial charge is 0.229 e. The molecule has 0 aliphatic rings. The molecular formula is C13H9IN2O. The molecule has 1 heterocycles. The lowest BCUT2D eigenvalue weighted by Crippen LogP contribution is -1.90. The van der Waals surface area contributed by atoms with Gasteiger partial charge in [0.2, 0.25) is 5.89 Å². The lowest BCUT2D eigenvalue weighted by atomic mass is 10.2. The first-order valence-corrected chi connectivity index (χ1v) is 6.23. The first kappa shape index (κ1) is 10.6. The third-order valence-electron chi connectivity index (χ3n) is 2.54. The van der Waals surface area contributed by atoms with Crippen molar-refractivity contribution in [3.63, 3.8) is 0 Å². The molecule has 0 unspecified atom stereocenters. The fourth-order valence-corrected chi connectivity index (χ4v) is 2.19. The molecule has 0 aliphatic carbocycles. The number of hydrogen-bond donors (Lipinski definition) is 1. The Hall–Kier alpha value is -1.56. The lowest BCUT2D eigenvalue weighted by molar-refractivity contribution is 0.620. The predicted molar refractivity (Wildman–Crippen MR) is 76.6 cm³/mol. The van der Waals surface area contributed by atoms with Crippen molar-refractivity contribution in [3.8, 4) is 11.5 Å². The monoisotopic (exact) mass is 336 g/mol. The number of anilines is 1. The highest BCUT2D eigenvalue weighted by molar-refractivity contribution is 14.1. The van der Waals surface area contributed by atoms with E-state index in [-0.39, 0.29) is 0 Å². The number of nitrogen functional groups attached to an aromatic ring is 1. The van der Waals surface area contributed by atoms with E-state index in [1.807, 2.05) is 42.5 Å². The van der Waals surface area contributed by atoms with E-state index in [0.717, 1.165) is 20.2 Å². The van der Waals surface area contributed by atoms with Gasteiger partial charge in [0.15, 0.2) is 5.58 Å². The number of hydrogen-bond acceptors (Lipinski definition) is 3. The number of aromatic nitrogens is 1. The lowest BCUT2D eigenvalue weighted by Gasteiger charge is -2.01. The molecule has 4 heteroatoms. The summed E-state index contributed by atoms with van der Waals surface area (Å²) in [5, 5.41) is 0. The Kier molecular flexibility index (Phi) is 2.51. The second-order valence-corrected chi connectivity index (χ2v) is 4.96. The van der Waals surface area contributed by atoms with Crippen molar-refractivity contribution in [2.75, 3.05) is 5.73 Å². The van der Waals surface area contributed by atoms with Gasteiger partial charge in [0.05, 0.1) is 5.56 Å². The minimum atomic E-state index is 0.571. The molecule has 84 valence electrons. The molecule has 1 aromatic heterocycles. The number of para-hydroxylation sites is 2. The quantitative estimate of drug-likeness (QED) is 0.545. The summed E-state index contributed by atoms with van der Waals surface area (Å²) in [5.74, 6) is 0.571. The van der Waals surface area contributed by atoms with Crippen LogP contribution in [0.4, 0.5) is 5.69 Å². The minimum absolute atomic E-state index is 0.571. The maximum absolute atomic E-state index is 5.94. The highest BCUT2D eigenvalue weighted by Gasteiger charge is 2.10. The zero-order valence-electron chi connectivity index (χ0n) is 8.85. The van der Waals surface area contributed by atoms with Crippen molar-refractivity contribution >= 4 is 39.4 Å². The molecule has 0 amide bonds. The summed E-state index contributed by atoms with van der Waals surface area (Å²) in [7, 11) is 0. The van der Waals surface area contributed by atoms with Gasteiger partial charge in [0.1, 0.15) is 5.52 Å². The normalized spacial score (nSPS) is 10.9. The zero-order chi connectivity index (χ0) is 11.8. The SMILES string of the molecule is Nc1ccc(I)cc1-c1nc2ccccc2o1. The van der Waals surface area contributed by atoms with E-state index >= 15 is 0 Å². The summed E-state index contributed by atoms with van der Waals surface area (Å²) < 4.78 is 6.80. The van der Waals surface area contributed by atoms with Crippen LogP contribution in [0.15, 0.2) is 46.9 Å². The molecule has 0 spiro atoms. The van der Waals surface area contributed by atoms with Crippen molar-refractivity contribution in [2.45, 2.75) is 0 Å². The topological polar surface area (TPSA) is 52.0 Å². The first-order valence-electron chi connectivity index (χ1n) is 5.15. The zero-order valence-corrected chi connectivity index (χ0v) is 11.0. The van der Waals surface area contributed by atoms with Crippen molar-refractivity contribution in [2.24, 2.45) is 0 Å². The van der Waals surface area contributed by atoms with Gasteiger partial charge in [-0.15, -0.1) is 0 Å². The summed E-state index contributed by atoms with van der Waals surface area (Å²) in [5.41, 5.74) is 9.08. The van der Waals surface area contributed by atoms with Gasteiger partial charge in [-0.1, -0.05) is 12.1 Å². The summed E-state index contributed by atoms with van der Waals surface area (Å²) >= 11 is 2.24. The Labute approximate surface area is 112 Å². The molecule has 0 atom stereocenters. The van der Waals surface area contributed by atoms with E-state index < -0.39 is 0 Å². The molecule has 3 nitrogen and oxygen atoms in total. The molecule has 3 rings (SSSR count). The Morgan fingerprint density at radius 1 is 1.12 bits per heavy atom. The third kappa shape index (κ3) is 1.88. The van der Waals surface area contributed by atoms with Crippen molar-refractivity contribution in [3.05, 3.63) is 46.0 Å². The second kappa shape index (κ2) is 4.03. The molecular weight excluding hydrogens is 327 g/mol. The van der Waals surface area contributed by atoms with E-state index in [1.54, 1.807) is 0 Å². The fraction of sp³-hybridized carbons (Fsp3) is 0. The number of rotatable bonds is 1. The van der Waals surface area contributed by atoms with Gasteiger partial charge in [-0.05, 0) is 52.9 Å². The number of benzene rings is 2. The van der Waals surface area contributed by atoms with E-state index in [1.165, 1.54) is 0 Å². The second-order valence-electron chi connectivity index (χ2n) is 3.72. The summed E-state index contributed by atoms with van der Waals surface area (Å²) in [6, 6.07) is 13.5. The van der Waals surface area contributed by atoms with E-state index in [4.69, 9.17) is 10.2 Å². The fourth-order valence-electron chi connectivity index (χ4n) is 1.70. The maximum atomic E-state index is 5.94. The van der Waals surface area contributed by atoms with Crippen LogP contribution in [0.2, 0.25) is 0 Å². The molecule has 17 heavy (non-hydrogen) atoms. The molecule has 0 saturated heterocycles. The largest absolute Gasteiger partial charge is 0.436 e. The summed E-state index contributed by atoms with van der Waals surface area (Å²) in [4.78, 5) is 4.43. The van der Waals surface area contributed by atoms with Gasteiger partial charge >= 0.3 is 0 Å². The average molecular weight is 336 g/mol. The average Bonchev–Trinajstić information content (AvgIpc) is 2.75. The molecule has 0 fully saturated rings. The van der Waals surface area contributed by atoms with Crippen LogP contribution >= 0.6 is 22.6 Å². The first-order chi connectivity index (χ1) is 8.24. The summed E-state index contributed by atoms with van der Waals surface area (Å²) in [6.45, 7) is 0. The van der Waals surface area contributed by atoms with Gasteiger partial charge in [-0.25, -0.2) is 4.98 Å². The van der Waals surface area contributed by atoms with Gasteiger partial charge in [-0.2, -0.15) is 0 Å². The van der Waals surface area contributed by atoms with E-state index in [9.17, 15) is 0 Å². The van der Waals surface area contributed by atoms with Crippen LogP contribution in [0.5, 0.6) is 0 Å². The van der Waals surface area contributed by atoms with Gasteiger partial charge in [0, 0.05) is 9.26 Å². The van der Waals surface area contributed by atoms with Gasteiger partial charge in [0.25, 0.3) is 0 Å².